The van der Waals surface area contributed by atoms with Crippen LogP contribution in [-0.4, -0.2) is 69.9 Å². The molecule has 0 amide bonds. The summed E-state index contributed by atoms with van der Waals surface area (Å²) in [6, 6.07) is 0.313. The summed E-state index contributed by atoms with van der Waals surface area (Å²) in [5, 5.41) is 0. The van der Waals surface area contributed by atoms with Gasteiger partial charge in [-0.25, -0.2) is 8.42 Å². The van der Waals surface area contributed by atoms with Gasteiger partial charge in [0.05, 0.1) is 24.7 Å². The van der Waals surface area contributed by atoms with E-state index in [9.17, 15) is 8.42 Å². The minimum atomic E-state index is -3.04. The minimum absolute atomic E-state index is 0.0627. The van der Waals surface area contributed by atoms with Gasteiger partial charge in [0.1, 0.15) is 0 Å². The Morgan fingerprint density at radius 3 is 2.85 bits per heavy atom. The topological polar surface area (TPSA) is 111 Å². The molecular formula is C12H22N4O3S. The molecule has 7 nitrogen and oxygen atoms in total. The van der Waals surface area contributed by atoms with E-state index in [0.29, 0.717) is 32.0 Å². The molecule has 8 heteroatoms. The van der Waals surface area contributed by atoms with Crippen LogP contribution in [0.1, 0.15) is 6.42 Å². The molecule has 0 saturated carbocycles. The second-order valence-corrected chi connectivity index (χ2v) is 7.65. The second kappa shape index (κ2) is 6.21. The zero-order chi connectivity index (χ0) is 14.8. The first-order valence-corrected chi connectivity index (χ1v) is 8.66. The summed E-state index contributed by atoms with van der Waals surface area (Å²) in [4.78, 5) is 6.37. The van der Waals surface area contributed by atoms with E-state index < -0.39 is 9.84 Å². The molecule has 2 atom stereocenters. The molecule has 2 rings (SSSR count). The average molecular weight is 302 g/mol. The highest BCUT2D eigenvalue weighted by Gasteiger charge is 2.30. The average Bonchev–Trinajstić information content (AvgIpc) is 2.70. The highest BCUT2D eigenvalue weighted by molar-refractivity contribution is 7.91. The van der Waals surface area contributed by atoms with E-state index in [4.69, 9.17) is 16.2 Å². The Bertz CT molecular complexity index is 515. The van der Waals surface area contributed by atoms with Gasteiger partial charge in [0, 0.05) is 43.3 Å². The maximum atomic E-state index is 11.1. The molecule has 0 radical (unpaired) electrons. The van der Waals surface area contributed by atoms with Crippen LogP contribution >= 0.6 is 0 Å². The summed E-state index contributed by atoms with van der Waals surface area (Å²) >= 11 is 0. The first kappa shape index (κ1) is 15.4. The van der Waals surface area contributed by atoms with Gasteiger partial charge in [-0.3, -0.25) is 9.89 Å². The van der Waals surface area contributed by atoms with Gasteiger partial charge in [0.25, 0.3) is 0 Å². The van der Waals surface area contributed by atoms with Gasteiger partial charge in [0.15, 0.2) is 9.84 Å². The molecule has 0 aromatic heterocycles. The van der Waals surface area contributed by atoms with Crippen molar-refractivity contribution in [3.05, 3.63) is 11.4 Å². The number of sulfone groups is 1. The fourth-order valence-electron chi connectivity index (χ4n) is 2.42. The molecular weight excluding hydrogens is 280 g/mol. The highest BCUT2D eigenvalue weighted by atomic mass is 32.2. The monoisotopic (exact) mass is 302 g/mol. The van der Waals surface area contributed by atoms with Crippen molar-refractivity contribution < 1.29 is 13.2 Å². The lowest BCUT2D eigenvalue weighted by molar-refractivity contribution is 0.0162. The Balaban J connectivity index is 1.92. The summed E-state index contributed by atoms with van der Waals surface area (Å²) in [7, 11) is -3.04. The number of hydrogen-bond acceptors (Lipinski definition) is 7. The molecule has 4 N–H and O–H groups in total. The van der Waals surface area contributed by atoms with Crippen LogP contribution in [-0.2, 0) is 14.6 Å². The zero-order valence-corrected chi connectivity index (χ0v) is 12.5. The maximum Gasteiger partial charge on any atom is 0.152 e. The van der Waals surface area contributed by atoms with Gasteiger partial charge in [-0.15, -0.1) is 0 Å². The summed E-state index contributed by atoms with van der Waals surface area (Å²) in [6.07, 6.45) is 3.47. The molecule has 0 aromatic rings. The first-order valence-electron chi connectivity index (χ1n) is 6.60. The Kier molecular flexibility index (Phi) is 4.79. The van der Waals surface area contributed by atoms with Crippen LogP contribution < -0.4 is 11.5 Å². The number of ether oxygens (including phenoxy) is 1. The quantitative estimate of drug-likeness (QED) is 0.625. The standard InChI is InChI=1S/C12H22N4O3S/c1-20(17,18)3-2-15-12-6-16(5-11(12)14)10-4-9(13)7-19-8-10/h2,9-10H,3-8,13-14H2,1H3/t9-,10+/m0/s1. The molecule has 1 fully saturated rings. The Morgan fingerprint density at radius 1 is 1.45 bits per heavy atom. The molecule has 2 heterocycles. The fourth-order valence-corrected chi connectivity index (χ4v) is 2.77. The van der Waals surface area contributed by atoms with Gasteiger partial charge < -0.3 is 16.2 Å². The van der Waals surface area contributed by atoms with Crippen molar-refractivity contribution in [2.24, 2.45) is 16.5 Å². The van der Waals surface area contributed by atoms with Crippen LogP contribution in [0.5, 0.6) is 0 Å². The zero-order valence-electron chi connectivity index (χ0n) is 11.7. The molecule has 1 saturated heterocycles. The van der Waals surface area contributed by atoms with Crippen molar-refractivity contribution in [3.63, 3.8) is 0 Å². The Labute approximate surface area is 119 Å². The SMILES string of the molecule is CS(=O)(=O)CC=NC1=C(N)CN([C@H]2COC[C@@H](N)C2)C1. The van der Waals surface area contributed by atoms with Crippen molar-refractivity contribution in [1.82, 2.24) is 4.90 Å². The fraction of sp³-hybridized carbons (Fsp3) is 0.750. The number of nitrogens with zero attached hydrogens (tertiary/aromatic N) is 2. The van der Waals surface area contributed by atoms with Crippen molar-refractivity contribution in [3.8, 4) is 0 Å². The molecule has 2 aliphatic heterocycles. The van der Waals surface area contributed by atoms with Gasteiger partial charge in [0.2, 0.25) is 0 Å². The summed E-state index contributed by atoms with van der Waals surface area (Å²) in [5.74, 6) is -0.0683. The summed E-state index contributed by atoms with van der Waals surface area (Å²) in [5.41, 5.74) is 13.3. The highest BCUT2D eigenvalue weighted by Crippen LogP contribution is 2.21. The molecule has 0 spiro atoms. The van der Waals surface area contributed by atoms with Crippen molar-refractivity contribution in [2.75, 3.05) is 38.3 Å². The van der Waals surface area contributed by atoms with Gasteiger partial charge in [-0.05, 0) is 6.42 Å². The predicted molar refractivity (Wildman–Crippen MR) is 78.2 cm³/mol. The molecule has 20 heavy (non-hydrogen) atoms. The van der Waals surface area contributed by atoms with Crippen LogP contribution in [0.15, 0.2) is 16.4 Å². The number of rotatable bonds is 4. The van der Waals surface area contributed by atoms with E-state index in [1.54, 1.807) is 0 Å². The summed E-state index contributed by atoms with van der Waals surface area (Å²) in [6.45, 7) is 2.51. The van der Waals surface area contributed by atoms with Crippen LogP contribution in [0.2, 0.25) is 0 Å². The largest absolute Gasteiger partial charge is 0.399 e. The van der Waals surface area contributed by atoms with E-state index >= 15 is 0 Å². The lowest BCUT2D eigenvalue weighted by Gasteiger charge is -2.33. The predicted octanol–water partition coefficient (Wildman–Crippen LogP) is -1.30. The van der Waals surface area contributed by atoms with Gasteiger partial charge >= 0.3 is 0 Å². The van der Waals surface area contributed by atoms with Crippen molar-refractivity contribution >= 4 is 16.1 Å². The van der Waals surface area contributed by atoms with Crippen LogP contribution in [0.4, 0.5) is 0 Å². The van der Waals surface area contributed by atoms with Crippen molar-refractivity contribution in [2.45, 2.75) is 18.5 Å². The van der Waals surface area contributed by atoms with Gasteiger partial charge in [-0.1, -0.05) is 0 Å². The second-order valence-electron chi connectivity index (χ2n) is 5.47. The minimum Gasteiger partial charge on any atom is -0.399 e. The van der Waals surface area contributed by atoms with Gasteiger partial charge in [-0.2, -0.15) is 0 Å². The molecule has 114 valence electrons. The smallest absolute Gasteiger partial charge is 0.152 e. The number of nitrogens with two attached hydrogens (primary N) is 2. The Hall–Kier alpha value is -0.960. The van der Waals surface area contributed by atoms with E-state index in [0.717, 1.165) is 12.1 Å². The van der Waals surface area contributed by atoms with Crippen LogP contribution in [0, 0.1) is 0 Å². The number of aliphatic imine (C=N–C) groups is 1. The van der Waals surface area contributed by atoms with E-state index in [1.165, 1.54) is 12.5 Å². The lowest BCUT2D eigenvalue weighted by Crippen LogP contribution is -2.47. The number of hydrogen-bond donors (Lipinski definition) is 2. The van der Waals surface area contributed by atoms with Crippen LogP contribution in [0.3, 0.4) is 0 Å². The molecule has 2 aliphatic rings. The van der Waals surface area contributed by atoms with E-state index in [-0.39, 0.29) is 17.8 Å². The maximum absolute atomic E-state index is 11.1. The molecule has 0 aromatic carbocycles. The lowest BCUT2D eigenvalue weighted by atomic mass is 10.1. The third-order valence-corrected chi connectivity index (χ3v) is 4.21. The normalized spacial score (nSPS) is 29.5. The molecule has 0 aliphatic carbocycles. The van der Waals surface area contributed by atoms with Crippen LogP contribution in [0.25, 0.3) is 0 Å². The molecule has 0 bridgehead atoms. The first-order chi connectivity index (χ1) is 9.35. The summed E-state index contributed by atoms with van der Waals surface area (Å²) < 4.78 is 27.6. The third kappa shape index (κ3) is 4.27. The van der Waals surface area contributed by atoms with E-state index in [1.807, 2.05) is 0 Å². The molecule has 0 unspecified atom stereocenters. The Morgan fingerprint density at radius 2 is 2.20 bits per heavy atom. The third-order valence-electron chi connectivity index (χ3n) is 3.45. The van der Waals surface area contributed by atoms with Crippen molar-refractivity contribution in [1.29, 1.82) is 0 Å². The van der Waals surface area contributed by atoms with E-state index in [2.05, 4.69) is 9.89 Å².